The van der Waals surface area contributed by atoms with Gasteiger partial charge in [-0.25, -0.2) is 4.79 Å². The van der Waals surface area contributed by atoms with Crippen molar-refractivity contribution in [3.8, 4) is 5.75 Å². The zero-order valence-electron chi connectivity index (χ0n) is 14.0. The van der Waals surface area contributed by atoms with Gasteiger partial charge in [0.05, 0.1) is 17.9 Å². The lowest BCUT2D eigenvalue weighted by molar-refractivity contribution is 0.222. The number of hydrogen-bond donors (Lipinski definition) is 3. The molecule has 1 aromatic carbocycles. The third-order valence-corrected chi connectivity index (χ3v) is 4.77. The molecular weight excluding hydrogens is 316 g/mol. The van der Waals surface area contributed by atoms with Crippen LogP contribution in [0.5, 0.6) is 5.75 Å². The Labute approximate surface area is 146 Å². The Bertz CT molecular complexity index is 793. The lowest BCUT2D eigenvalue weighted by Gasteiger charge is -2.26. The van der Waals surface area contributed by atoms with E-state index in [0.717, 1.165) is 48.3 Å². The monoisotopic (exact) mass is 338 g/mol. The van der Waals surface area contributed by atoms with Crippen LogP contribution in [0.3, 0.4) is 0 Å². The number of carbonyl (C=O) groups is 1. The van der Waals surface area contributed by atoms with Gasteiger partial charge in [-0.2, -0.15) is 0 Å². The minimum Gasteiger partial charge on any atom is -0.491 e. The normalized spacial score (nSPS) is 21.5. The highest BCUT2D eigenvalue weighted by Crippen LogP contribution is 2.24. The Balaban J connectivity index is 1.37. The molecule has 1 aliphatic carbocycles. The summed E-state index contributed by atoms with van der Waals surface area (Å²) in [7, 11) is 0. The average molecular weight is 338 g/mol. The van der Waals surface area contributed by atoms with Gasteiger partial charge in [-0.15, -0.1) is 0 Å². The molecule has 1 aromatic heterocycles. The highest BCUT2D eigenvalue weighted by atomic mass is 16.5. The molecule has 4 N–H and O–H groups in total. The molecule has 2 aromatic rings. The van der Waals surface area contributed by atoms with Crippen LogP contribution in [0, 0.1) is 0 Å². The molecule has 2 heterocycles. The van der Waals surface area contributed by atoms with Crippen LogP contribution in [0.1, 0.15) is 23.2 Å². The van der Waals surface area contributed by atoms with Crippen LogP contribution in [0.4, 0.5) is 10.5 Å². The van der Waals surface area contributed by atoms with E-state index in [1.54, 1.807) is 6.20 Å². The Morgan fingerprint density at radius 3 is 3.04 bits per heavy atom. The van der Waals surface area contributed by atoms with Crippen LogP contribution in [-0.4, -0.2) is 29.7 Å². The van der Waals surface area contributed by atoms with Gasteiger partial charge in [0.2, 0.25) is 0 Å². The van der Waals surface area contributed by atoms with Crippen molar-refractivity contribution in [2.75, 3.05) is 11.9 Å². The topological polar surface area (TPSA) is 89.3 Å². The van der Waals surface area contributed by atoms with E-state index >= 15 is 0 Å². The van der Waals surface area contributed by atoms with Gasteiger partial charge in [0.25, 0.3) is 0 Å². The van der Waals surface area contributed by atoms with Gasteiger partial charge in [-0.05, 0) is 48.9 Å². The first-order valence-corrected chi connectivity index (χ1v) is 8.69. The Kier molecular flexibility index (Phi) is 4.28. The molecule has 4 rings (SSSR count). The van der Waals surface area contributed by atoms with Crippen molar-refractivity contribution in [3.05, 3.63) is 53.3 Å². The summed E-state index contributed by atoms with van der Waals surface area (Å²) in [5.41, 5.74) is 10.1. The summed E-state index contributed by atoms with van der Waals surface area (Å²) < 4.78 is 5.70. The van der Waals surface area contributed by atoms with E-state index in [2.05, 4.69) is 15.6 Å². The fourth-order valence-corrected chi connectivity index (χ4v) is 3.49. The molecular formula is C19H22N4O2. The van der Waals surface area contributed by atoms with Crippen LogP contribution >= 0.6 is 0 Å². The smallest absolute Gasteiger partial charge is 0.319 e. The molecule has 0 saturated heterocycles. The number of nitrogens with zero attached hydrogens (tertiary/aromatic N) is 1. The number of anilines is 1. The molecule has 130 valence electrons. The molecule has 0 radical (unpaired) electrons. The number of rotatable bonds is 2. The molecule has 2 atom stereocenters. The lowest BCUT2D eigenvalue weighted by atomic mass is 9.92. The van der Waals surface area contributed by atoms with E-state index in [4.69, 9.17) is 10.5 Å². The molecule has 6 heteroatoms. The number of ether oxygens (including phenoxy) is 1. The zero-order chi connectivity index (χ0) is 17.2. The quantitative estimate of drug-likeness (QED) is 0.781. The number of amides is 2. The fraction of sp³-hybridized carbons (Fsp3) is 0.368. The number of nitrogens with one attached hydrogen (secondary N) is 2. The number of aromatic nitrogens is 1. The van der Waals surface area contributed by atoms with E-state index in [1.165, 1.54) is 0 Å². The van der Waals surface area contributed by atoms with Gasteiger partial charge in [0.15, 0.2) is 0 Å². The summed E-state index contributed by atoms with van der Waals surface area (Å²) in [4.78, 5) is 16.8. The molecule has 2 aliphatic rings. The second-order valence-electron chi connectivity index (χ2n) is 6.75. The minimum absolute atomic E-state index is 0.0473. The van der Waals surface area contributed by atoms with Gasteiger partial charge in [-0.1, -0.05) is 18.2 Å². The summed E-state index contributed by atoms with van der Waals surface area (Å²) in [6.07, 6.45) is 5.16. The molecule has 25 heavy (non-hydrogen) atoms. The molecule has 2 unspecified atom stereocenters. The number of pyridine rings is 1. The van der Waals surface area contributed by atoms with Gasteiger partial charge in [0.1, 0.15) is 12.4 Å². The molecule has 0 spiro atoms. The number of aryl methyl sites for hydroxylation is 1. The summed E-state index contributed by atoms with van der Waals surface area (Å²) in [6.45, 7) is 0.474. The summed E-state index contributed by atoms with van der Waals surface area (Å²) >= 11 is 0. The number of carbonyl (C=O) groups excluding carboxylic acids is 1. The maximum Gasteiger partial charge on any atom is 0.319 e. The molecule has 1 aliphatic heterocycles. The van der Waals surface area contributed by atoms with E-state index in [0.29, 0.717) is 12.3 Å². The molecule has 0 saturated carbocycles. The number of hydrogen-bond acceptors (Lipinski definition) is 4. The van der Waals surface area contributed by atoms with Gasteiger partial charge >= 0.3 is 6.03 Å². The minimum atomic E-state index is -0.241. The molecule has 0 bridgehead atoms. The summed E-state index contributed by atoms with van der Waals surface area (Å²) in [5, 5.41) is 5.84. The largest absolute Gasteiger partial charge is 0.491 e. The zero-order valence-corrected chi connectivity index (χ0v) is 14.0. The highest BCUT2D eigenvalue weighted by molar-refractivity contribution is 5.89. The maximum atomic E-state index is 12.3. The van der Waals surface area contributed by atoms with Gasteiger partial charge in [0, 0.05) is 11.7 Å². The van der Waals surface area contributed by atoms with Crippen LogP contribution in [0.2, 0.25) is 0 Å². The maximum absolute atomic E-state index is 12.3. The molecule has 0 fully saturated rings. The number of para-hydroxylation sites is 1. The second kappa shape index (κ2) is 6.72. The third-order valence-electron chi connectivity index (χ3n) is 4.77. The first-order chi connectivity index (χ1) is 12.2. The summed E-state index contributed by atoms with van der Waals surface area (Å²) in [5.74, 6) is 0.899. The lowest BCUT2D eigenvalue weighted by Crippen LogP contribution is -2.44. The van der Waals surface area contributed by atoms with Crippen molar-refractivity contribution in [2.45, 2.75) is 37.8 Å². The van der Waals surface area contributed by atoms with Crippen molar-refractivity contribution >= 4 is 11.7 Å². The average Bonchev–Trinajstić information content (AvgIpc) is 2.61. The summed E-state index contributed by atoms with van der Waals surface area (Å²) in [6, 6.07) is 9.78. The first-order valence-electron chi connectivity index (χ1n) is 8.69. The number of fused-ring (bicyclic) bond motifs is 2. The van der Waals surface area contributed by atoms with Crippen LogP contribution < -0.4 is 21.1 Å². The van der Waals surface area contributed by atoms with E-state index in [9.17, 15) is 4.79 Å². The van der Waals surface area contributed by atoms with Crippen molar-refractivity contribution < 1.29 is 9.53 Å². The standard InChI is InChI=1S/C19H22N4O2/c20-14-5-6-17-13(7-14)9-15(10-21-17)22-19(24)23-16-8-12-3-1-2-4-18(12)25-11-16/h1-4,9-10,14,16H,5-8,11,20H2,(H2,22,23,24). The Morgan fingerprint density at radius 1 is 1.24 bits per heavy atom. The molecule has 2 amide bonds. The van der Waals surface area contributed by atoms with E-state index in [1.807, 2.05) is 30.3 Å². The second-order valence-corrected chi connectivity index (χ2v) is 6.75. The number of urea groups is 1. The van der Waals surface area contributed by atoms with E-state index < -0.39 is 0 Å². The van der Waals surface area contributed by atoms with Crippen molar-refractivity contribution in [2.24, 2.45) is 5.73 Å². The van der Waals surface area contributed by atoms with Crippen LogP contribution in [0.15, 0.2) is 36.5 Å². The van der Waals surface area contributed by atoms with Crippen molar-refractivity contribution in [1.82, 2.24) is 10.3 Å². The highest BCUT2D eigenvalue weighted by Gasteiger charge is 2.21. The first kappa shape index (κ1) is 15.9. The van der Waals surface area contributed by atoms with Crippen LogP contribution in [0.25, 0.3) is 0 Å². The number of benzene rings is 1. The van der Waals surface area contributed by atoms with Crippen molar-refractivity contribution in [3.63, 3.8) is 0 Å². The Morgan fingerprint density at radius 2 is 2.12 bits per heavy atom. The predicted molar refractivity (Wildman–Crippen MR) is 95.8 cm³/mol. The van der Waals surface area contributed by atoms with Crippen molar-refractivity contribution in [1.29, 1.82) is 0 Å². The predicted octanol–water partition coefficient (Wildman–Crippen LogP) is 2.02. The van der Waals surface area contributed by atoms with Crippen LogP contribution in [-0.2, 0) is 19.3 Å². The van der Waals surface area contributed by atoms with Gasteiger partial charge in [-0.3, -0.25) is 4.98 Å². The van der Waals surface area contributed by atoms with Gasteiger partial charge < -0.3 is 21.1 Å². The Hall–Kier alpha value is -2.60. The molecule has 6 nitrogen and oxygen atoms in total. The fourth-order valence-electron chi connectivity index (χ4n) is 3.49. The SMILES string of the molecule is NC1CCc2ncc(NC(=O)NC3COc4ccccc4C3)cc2C1. The van der Waals surface area contributed by atoms with E-state index in [-0.39, 0.29) is 18.1 Å². The number of nitrogens with two attached hydrogens (primary N) is 1. The third kappa shape index (κ3) is 3.58.